The molecular weight excluding hydrogens is 268 g/mol. The molecule has 2 rings (SSSR count). The number of hydrogen-bond acceptors (Lipinski definition) is 5. The number of aliphatic carboxylic acids is 1. The van der Waals surface area contributed by atoms with Gasteiger partial charge in [0.05, 0.1) is 24.0 Å². The van der Waals surface area contributed by atoms with Crippen LogP contribution in [0.5, 0.6) is 0 Å². The first-order chi connectivity index (χ1) is 9.04. The minimum Gasteiger partial charge on any atom is -0.481 e. The highest BCUT2D eigenvalue weighted by Crippen LogP contribution is 2.33. The molecule has 0 saturated heterocycles. The van der Waals surface area contributed by atoms with Crippen molar-refractivity contribution in [1.82, 2.24) is 0 Å². The fraction of sp³-hybridized carbons (Fsp3) is 0.333. The Morgan fingerprint density at radius 2 is 2.32 bits per heavy atom. The number of hydrogen-bond donors (Lipinski definition) is 4. The third-order valence-corrected chi connectivity index (χ3v) is 3.64. The summed E-state index contributed by atoms with van der Waals surface area (Å²) in [6.45, 7) is 0.145. The second kappa shape index (κ2) is 5.94. The van der Waals surface area contributed by atoms with Gasteiger partial charge in [0, 0.05) is 17.1 Å². The van der Waals surface area contributed by atoms with Gasteiger partial charge in [0.1, 0.15) is 0 Å². The van der Waals surface area contributed by atoms with Crippen LogP contribution in [0.2, 0.25) is 0 Å². The van der Waals surface area contributed by atoms with Gasteiger partial charge in [-0.15, -0.1) is 11.8 Å². The number of carbonyl (C=O) groups is 2. The zero-order chi connectivity index (χ0) is 13.8. The molecule has 0 fully saturated rings. The summed E-state index contributed by atoms with van der Waals surface area (Å²) in [4.78, 5) is 22.7. The number of amides is 1. The number of thioether (sulfide) groups is 1. The van der Waals surface area contributed by atoms with E-state index in [0.717, 1.165) is 16.3 Å². The average Bonchev–Trinajstić information content (AvgIpc) is 2.35. The Kier molecular flexibility index (Phi) is 4.28. The minimum atomic E-state index is -1.04. The summed E-state index contributed by atoms with van der Waals surface area (Å²) in [5, 5.41) is 23.7. The van der Waals surface area contributed by atoms with Crippen LogP contribution in [0.3, 0.4) is 0 Å². The van der Waals surface area contributed by atoms with Crippen molar-refractivity contribution in [1.29, 1.82) is 0 Å². The Morgan fingerprint density at radius 1 is 1.53 bits per heavy atom. The lowest BCUT2D eigenvalue weighted by molar-refractivity contribution is -0.139. The Hall–Kier alpha value is -1.73. The second-order valence-electron chi connectivity index (χ2n) is 4.18. The fourth-order valence-corrected chi connectivity index (χ4v) is 2.49. The predicted molar refractivity (Wildman–Crippen MR) is 72.5 cm³/mol. The monoisotopic (exact) mass is 282 g/mol. The molecule has 0 saturated carbocycles. The maximum absolute atomic E-state index is 11.3. The van der Waals surface area contributed by atoms with Crippen LogP contribution in [0.15, 0.2) is 23.1 Å². The van der Waals surface area contributed by atoms with Crippen LogP contribution in [0.1, 0.15) is 6.42 Å². The lowest BCUT2D eigenvalue weighted by atomic mass is 10.2. The number of anilines is 2. The first kappa shape index (κ1) is 13.7. The zero-order valence-electron chi connectivity index (χ0n) is 10.0. The highest BCUT2D eigenvalue weighted by Gasteiger charge is 2.15. The lowest BCUT2D eigenvalue weighted by Crippen LogP contribution is -2.23. The maximum Gasteiger partial charge on any atom is 0.306 e. The molecule has 0 bridgehead atoms. The van der Waals surface area contributed by atoms with Crippen LogP contribution in [0.4, 0.5) is 11.4 Å². The molecule has 1 heterocycles. The van der Waals surface area contributed by atoms with Crippen molar-refractivity contribution in [3.8, 4) is 0 Å². The number of rotatable bonds is 5. The number of carboxylic acid groups (broad SMARTS) is 1. The van der Waals surface area contributed by atoms with E-state index < -0.39 is 12.1 Å². The Balaban J connectivity index is 1.96. The van der Waals surface area contributed by atoms with Gasteiger partial charge >= 0.3 is 5.97 Å². The quantitative estimate of drug-likeness (QED) is 0.642. The minimum absolute atomic E-state index is 0.0411. The smallest absolute Gasteiger partial charge is 0.306 e. The van der Waals surface area contributed by atoms with Crippen molar-refractivity contribution < 1.29 is 19.8 Å². The van der Waals surface area contributed by atoms with Crippen molar-refractivity contribution in [3.63, 3.8) is 0 Å². The van der Waals surface area contributed by atoms with E-state index in [-0.39, 0.29) is 18.9 Å². The third-order valence-electron chi connectivity index (χ3n) is 2.56. The molecule has 0 unspecified atom stereocenters. The number of carboxylic acids is 1. The maximum atomic E-state index is 11.3. The molecule has 6 nitrogen and oxygen atoms in total. The summed E-state index contributed by atoms with van der Waals surface area (Å²) >= 11 is 1.47. The molecule has 1 amide bonds. The van der Waals surface area contributed by atoms with Crippen LogP contribution in [0.25, 0.3) is 0 Å². The fourth-order valence-electron chi connectivity index (χ4n) is 1.70. The van der Waals surface area contributed by atoms with Crippen LogP contribution in [0, 0.1) is 0 Å². The molecule has 0 aliphatic carbocycles. The lowest BCUT2D eigenvalue weighted by Gasteiger charge is -2.18. The first-order valence-electron chi connectivity index (χ1n) is 5.75. The van der Waals surface area contributed by atoms with Crippen molar-refractivity contribution in [2.45, 2.75) is 17.4 Å². The van der Waals surface area contributed by atoms with Gasteiger partial charge in [0.15, 0.2) is 0 Å². The van der Waals surface area contributed by atoms with Gasteiger partial charge < -0.3 is 20.8 Å². The number of nitrogens with one attached hydrogen (secondary N) is 2. The summed E-state index contributed by atoms with van der Waals surface area (Å²) in [6.07, 6.45) is -1.25. The summed E-state index contributed by atoms with van der Waals surface area (Å²) in [5.74, 6) is -0.666. The van der Waals surface area contributed by atoms with Crippen LogP contribution >= 0.6 is 11.8 Å². The molecule has 19 heavy (non-hydrogen) atoms. The zero-order valence-corrected chi connectivity index (χ0v) is 10.9. The Morgan fingerprint density at radius 3 is 3.05 bits per heavy atom. The van der Waals surface area contributed by atoms with E-state index in [4.69, 9.17) is 5.11 Å². The number of aliphatic hydroxyl groups excluding tert-OH is 1. The van der Waals surface area contributed by atoms with Crippen molar-refractivity contribution in [3.05, 3.63) is 18.2 Å². The molecule has 102 valence electrons. The van der Waals surface area contributed by atoms with E-state index in [2.05, 4.69) is 10.6 Å². The predicted octanol–water partition coefficient (Wildman–Crippen LogP) is 0.978. The number of fused-ring (bicyclic) bond motifs is 1. The standard InChI is InChI=1S/C12H14N2O4S/c15-8(4-12(17)18)5-13-7-1-2-10-9(3-7)14-11(16)6-19-10/h1-3,8,13,15H,4-6H2,(H,14,16)(H,17,18)/t8-/m1/s1. The van der Waals surface area contributed by atoms with Gasteiger partial charge in [-0.1, -0.05) is 0 Å². The van der Waals surface area contributed by atoms with Gasteiger partial charge in [0.25, 0.3) is 0 Å². The van der Waals surface area contributed by atoms with Crippen LogP contribution in [-0.2, 0) is 9.59 Å². The van der Waals surface area contributed by atoms with Gasteiger partial charge in [0.2, 0.25) is 5.91 Å². The van der Waals surface area contributed by atoms with Gasteiger partial charge in [-0.3, -0.25) is 9.59 Å². The highest BCUT2D eigenvalue weighted by molar-refractivity contribution is 8.00. The van der Waals surface area contributed by atoms with E-state index in [1.54, 1.807) is 6.07 Å². The highest BCUT2D eigenvalue weighted by atomic mass is 32.2. The van der Waals surface area contributed by atoms with Crippen LogP contribution in [-0.4, -0.2) is 40.5 Å². The van der Waals surface area contributed by atoms with E-state index in [1.807, 2.05) is 12.1 Å². The molecule has 1 aliphatic heterocycles. The molecule has 1 aliphatic rings. The van der Waals surface area contributed by atoms with Gasteiger partial charge in [-0.05, 0) is 18.2 Å². The summed E-state index contributed by atoms with van der Waals surface area (Å²) in [7, 11) is 0. The number of carbonyl (C=O) groups excluding carboxylic acids is 1. The largest absolute Gasteiger partial charge is 0.481 e. The molecule has 0 radical (unpaired) electrons. The Labute approximate surface area is 114 Å². The molecular formula is C12H14N2O4S. The molecule has 0 aromatic heterocycles. The van der Waals surface area contributed by atoms with E-state index in [9.17, 15) is 14.7 Å². The molecule has 0 spiro atoms. The van der Waals surface area contributed by atoms with Gasteiger partial charge in [-0.2, -0.15) is 0 Å². The summed E-state index contributed by atoms with van der Waals surface area (Å²) in [5.41, 5.74) is 1.46. The first-order valence-corrected chi connectivity index (χ1v) is 6.73. The summed E-state index contributed by atoms with van der Waals surface area (Å²) < 4.78 is 0. The normalized spacial score (nSPS) is 15.3. The second-order valence-corrected chi connectivity index (χ2v) is 5.20. The molecule has 7 heteroatoms. The van der Waals surface area contributed by atoms with E-state index in [1.165, 1.54) is 11.8 Å². The van der Waals surface area contributed by atoms with E-state index in [0.29, 0.717) is 5.75 Å². The summed E-state index contributed by atoms with van der Waals surface area (Å²) in [6, 6.07) is 5.48. The molecule has 4 N–H and O–H groups in total. The third kappa shape index (κ3) is 3.87. The van der Waals surface area contributed by atoms with Crippen molar-refractivity contribution in [2.75, 3.05) is 22.9 Å². The SMILES string of the molecule is O=C(O)C[C@@H](O)CNc1ccc2c(c1)NC(=O)CS2. The van der Waals surface area contributed by atoms with Crippen LogP contribution < -0.4 is 10.6 Å². The number of aliphatic hydroxyl groups is 1. The number of benzene rings is 1. The van der Waals surface area contributed by atoms with Gasteiger partial charge in [-0.25, -0.2) is 0 Å². The molecule has 1 aromatic rings. The molecule has 1 aromatic carbocycles. The van der Waals surface area contributed by atoms with Crippen molar-refractivity contribution >= 4 is 35.0 Å². The Bertz CT molecular complexity index is 507. The van der Waals surface area contributed by atoms with Crippen molar-refractivity contribution in [2.24, 2.45) is 0 Å². The molecule has 1 atom stereocenters. The van der Waals surface area contributed by atoms with E-state index >= 15 is 0 Å². The topological polar surface area (TPSA) is 98.7 Å². The average molecular weight is 282 g/mol.